The van der Waals surface area contributed by atoms with Gasteiger partial charge in [-0.05, 0) is 18.6 Å². The number of carbonyl (C=O) groups is 1. The van der Waals surface area contributed by atoms with Crippen molar-refractivity contribution in [3.05, 3.63) is 28.6 Å². The second kappa shape index (κ2) is 11.2. The van der Waals surface area contributed by atoms with Gasteiger partial charge < -0.3 is 23.7 Å². The van der Waals surface area contributed by atoms with Crippen molar-refractivity contribution < 1.29 is 28.5 Å². The molecule has 154 valence electrons. The van der Waals surface area contributed by atoms with Gasteiger partial charge in [-0.3, -0.25) is 4.79 Å². The average molecular weight is 392 g/mol. The number of esters is 1. The number of para-hydroxylation sites is 1. The Balaban J connectivity index is 2.03. The molecule has 7 heteroatoms. The summed E-state index contributed by atoms with van der Waals surface area (Å²) < 4.78 is 21.1. The van der Waals surface area contributed by atoms with Crippen molar-refractivity contribution in [2.24, 2.45) is 0 Å². The van der Waals surface area contributed by atoms with Crippen LogP contribution in [0.5, 0.6) is 17.2 Å². The van der Waals surface area contributed by atoms with Gasteiger partial charge in [0.15, 0.2) is 17.1 Å². The Hall–Kier alpha value is -2.70. The van der Waals surface area contributed by atoms with E-state index in [1.54, 1.807) is 18.2 Å². The molecule has 1 aromatic heterocycles. The highest BCUT2D eigenvalue weighted by atomic mass is 16.6. The monoisotopic (exact) mass is 392 g/mol. The molecule has 0 saturated heterocycles. The van der Waals surface area contributed by atoms with Crippen LogP contribution in [0.25, 0.3) is 11.0 Å². The molecule has 2 rings (SSSR count). The fourth-order valence-corrected chi connectivity index (χ4v) is 2.80. The predicted molar refractivity (Wildman–Crippen MR) is 105 cm³/mol. The fraction of sp³-hybridized carbons (Fsp3) is 0.524. The zero-order valence-corrected chi connectivity index (χ0v) is 16.5. The topological polar surface area (TPSA) is 95.2 Å². The van der Waals surface area contributed by atoms with Gasteiger partial charge in [-0.1, -0.05) is 45.1 Å². The molecular weight excluding hydrogens is 364 g/mol. The quantitative estimate of drug-likeness (QED) is 0.329. The maximum absolute atomic E-state index is 12.3. The molecule has 0 aliphatic heterocycles. The summed E-state index contributed by atoms with van der Waals surface area (Å²) in [5, 5.41) is 10.8. The molecule has 0 aliphatic carbocycles. The van der Waals surface area contributed by atoms with Crippen LogP contribution in [0.3, 0.4) is 0 Å². The summed E-state index contributed by atoms with van der Waals surface area (Å²) in [4.78, 5) is 23.0. The highest BCUT2D eigenvalue weighted by Gasteiger charge is 2.18. The van der Waals surface area contributed by atoms with E-state index in [0.717, 1.165) is 19.3 Å². The first-order valence-electron chi connectivity index (χ1n) is 9.72. The highest BCUT2D eigenvalue weighted by Crippen LogP contribution is 2.35. The van der Waals surface area contributed by atoms with Crippen LogP contribution in [-0.2, 0) is 9.53 Å². The minimum Gasteiger partial charge on any atom is -0.504 e. The van der Waals surface area contributed by atoms with Crippen molar-refractivity contribution in [1.82, 2.24) is 0 Å². The lowest BCUT2D eigenvalue weighted by molar-refractivity contribution is -0.141. The average Bonchev–Trinajstić information content (AvgIpc) is 2.67. The number of aromatic hydroxyl groups is 1. The maximum Gasteiger partial charge on any atom is 0.383 e. The molecule has 0 spiro atoms. The van der Waals surface area contributed by atoms with Gasteiger partial charge >= 0.3 is 11.6 Å². The number of hydrogen-bond acceptors (Lipinski definition) is 7. The zero-order chi connectivity index (χ0) is 20.4. The number of fused-ring (bicyclic) bond motifs is 1. The van der Waals surface area contributed by atoms with E-state index in [2.05, 4.69) is 6.92 Å². The Labute approximate surface area is 164 Å². The van der Waals surface area contributed by atoms with Crippen LogP contribution in [0, 0.1) is 0 Å². The minimum absolute atomic E-state index is 0.0708. The van der Waals surface area contributed by atoms with Crippen LogP contribution in [0.2, 0.25) is 0 Å². The molecule has 0 unspecified atom stereocenters. The van der Waals surface area contributed by atoms with E-state index in [4.69, 9.17) is 18.6 Å². The fourth-order valence-electron chi connectivity index (χ4n) is 2.80. The van der Waals surface area contributed by atoms with E-state index in [1.165, 1.54) is 26.2 Å². The van der Waals surface area contributed by atoms with Crippen molar-refractivity contribution in [2.75, 3.05) is 19.8 Å². The summed E-state index contributed by atoms with van der Waals surface area (Å²) in [6.45, 7) is 3.98. The Kier molecular flexibility index (Phi) is 8.65. The number of benzene rings is 1. The molecule has 0 amide bonds. The third kappa shape index (κ3) is 6.18. The Morgan fingerprint density at radius 2 is 1.79 bits per heavy atom. The van der Waals surface area contributed by atoms with Gasteiger partial charge in [0.05, 0.1) is 12.0 Å². The third-order valence-corrected chi connectivity index (χ3v) is 4.22. The number of hydrogen-bond donors (Lipinski definition) is 1. The van der Waals surface area contributed by atoms with Gasteiger partial charge in [0.25, 0.3) is 0 Å². The van der Waals surface area contributed by atoms with E-state index in [9.17, 15) is 14.7 Å². The van der Waals surface area contributed by atoms with Crippen molar-refractivity contribution in [1.29, 1.82) is 0 Å². The first-order chi connectivity index (χ1) is 13.5. The molecule has 7 nitrogen and oxygen atoms in total. The summed E-state index contributed by atoms with van der Waals surface area (Å²) in [7, 11) is 0. The van der Waals surface area contributed by atoms with Gasteiger partial charge in [0, 0.05) is 6.92 Å². The summed E-state index contributed by atoms with van der Waals surface area (Å²) in [5.74, 6) is -0.571. The molecule has 0 aliphatic rings. The molecule has 0 atom stereocenters. The standard InChI is InChI=1S/C21H28O7/c1-3-4-5-6-7-8-12-27-20-18(23)16-10-9-11-17(19(16)28-21(20)24)26-14-13-25-15(2)22/h9-11,23H,3-8,12-14H2,1-2H3. The first-order valence-corrected chi connectivity index (χ1v) is 9.72. The van der Waals surface area contributed by atoms with Crippen LogP contribution < -0.4 is 15.1 Å². The van der Waals surface area contributed by atoms with E-state index < -0.39 is 11.6 Å². The van der Waals surface area contributed by atoms with Crippen molar-refractivity contribution in [3.8, 4) is 17.2 Å². The van der Waals surface area contributed by atoms with Crippen LogP contribution in [0.15, 0.2) is 27.4 Å². The molecule has 1 heterocycles. The second-order valence-electron chi connectivity index (χ2n) is 6.50. The molecule has 28 heavy (non-hydrogen) atoms. The summed E-state index contributed by atoms with van der Waals surface area (Å²) >= 11 is 0. The lowest BCUT2D eigenvalue weighted by Gasteiger charge is -2.11. The second-order valence-corrected chi connectivity index (χ2v) is 6.50. The van der Waals surface area contributed by atoms with Gasteiger partial charge in [-0.2, -0.15) is 0 Å². The number of carbonyl (C=O) groups excluding carboxylic acids is 1. The number of rotatable bonds is 12. The largest absolute Gasteiger partial charge is 0.504 e. The van der Waals surface area contributed by atoms with Crippen molar-refractivity contribution in [3.63, 3.8) is 0 Å². The van der Waals surface area contributed by atoms with Crippen molar-refractivity contribution >= 4 is 16.9 Å². The Morgan fingerprint density at radius 3 is 2.54 bits per heavy atom. The van der Waals surface area contributed by atoms with Gasteiger partial charge in [0.1, 0.15) is 13.2 Å². The van der Waals surface area contributed by atoms with Crippen LogP contribution in [0.1, 0.15) is 52.4 Å². The van der Waals surface area contributed by atoms with E-state index >= 15 is 0 Å². The van der Waals surface area contributed by atoms with Crippen LogP contribution >= 0.6 is 0 Å². The highest BCUT2D eigenvalue weighted by molar-refractivity contribution is 5.89. The molecule has 0 fully saturated rings. The SMILES string of the molecule is CCCCCCCCOc1c(O)c2cccc(OCCOC(C)=O)c2oc1=O. The van der Waals surface area contributed by atoms with E-state index in [1.807, 2.05) is 0 Å². The number of unbranched alkanes of at least 4 members (excludes halogenated alkanes) is 5. The van der Waals surface area contributed by atoms with Crippen LogP contribution in [-0.4, -0.2) is 30.9 Å². The smallest absolute Gasteiger partial charge is 0.383 e. The molecule has 2 aromatic rings. The zero-order valence-electron chi connectivity index (χ0n) is 16.5. The lowest BCUT2D eigenvalue weighted by atomic mass is 10.1. The Morgan fingerprint density at radius 1 is 1.04 bits per heavy atom. The van der Waals surface area contributed by atoms with E-state index in [0.29, 0.717) is 12.0 Å². The molecule has 0 saturated carbocycles. The maximum atomic E-state index is 12.3. The van der Waals surface area contributed by atoms with Crippen molar-refractivity contribution in [2.45, 2.75) is 52.4 Å². The molecular formula is C21H28O7. The molecule has 1 aromatic carbocycles. The predicted octanol–water partition coefficient (Wildman–Crippen LogP) is 4.18. The van der Waals surface area contributed by atoms with Gasteiger partial charge in [0.2, 0.25) is 5.75 Å². The third-order valence-electron chi connectivity index (χ3n) is 4.22. The number of ether oxygens (including phenoxy) is 3. The first kappa shape index (κ1) is 21.6. The molecule has 0 radical (unpaired) electrons. The molecule has 1 N–H and O–H groups in total. The van der Waals surface area contributed by atoms with Gasteiger partial charge in [-0.15, -0.1) is 0 Å². The van der Waals surface area contributed by atoms with E-state index in [-0.39, 0.29) is 36.0 Å². The summed E-state index contributed by atoms with van der Waals surface area (Å²) in [6.07, 6.45) is 6.56. The summed E-state index contributed by atoms with van der Waals surface area (Å²) in [5.41, 5.74) is -0.633. The normalized spacial score (nSPS) is 10.8. The van der Waals surface area contributed by atoms with Gasteiger partial charge in [-0.25, -0.2) is 4.79 Å². The van der Waals surface area contributed by atoms with Crippen LogP contribution in [0.4, 0.5) is 0 Å². The molecule has 0 bridgehead atoms. The summed E-state index contributed by atoms with van der Waals surface area (Å²) in [6, 6.07) is 4.89. The minimum atomic E-state index is -0.757. The lowest BCUT2D eigenvalue weighted by Crippen LogP contribution is -2.11. The Bertz CT molecular complexity index is 825.